The number of rotatable bonds is 8. The lowest BCUT2D eigenvalue weighted by molar-refractivity contribution is -0.122. The molecular weight excluding hydrogens is 378 g/mol. The fourth-order valence-corrected chi connectivity index (χ4v) is 4.05. The van der Waals surface area contributed by atoms with Crippen LogP contribution in [0.5, 0.6) is 5.75 Å². The van der Waals surface area contributed by atoms with Gasteiger partial charge in [0.25, 0.3) is 0 Å². The van der Waals surface area contributed by atoms with Gasteiger partial charge in [-0.25, -0.2) is 10.4 Å². The smallest absolute Gasteiger partial charge is 0.220 e. The molecule has 158 valence electrons. The summed E-state index contributed by atoms with van der Waals surface area (Å²) >= 11 is 0. The van der Waals surface area contributed by atoms with Crippen molar-refractivity contribution in [2.75, 3.05) is 13.7 Å². The number of imidazole rings is 1. The highest BCUT2D eigenvalue weighted by Gasteiger charge is 2.35. The zero-order chi connectivity index (χ0) is 20.9. The first-order valence-corrected chi connectivity index (χ1v) is 10.5. The van der Waals surface area contributed by atoms with E-state index in [9.17, 15) is 4.79 Å². The average Bonchev–Trinajstić information content (AvgIpc) is 3.34. The molecule has 7 heteroatoms. The van der Waals surface area contributed by atoms with Gasteiger partial charge in [-0.1, -0.05) is 24.3 Å². The lowest BCUT2D eigenvalue weighted by Gasteiger charge is -2.21. The lowest BCUT2D eigenvalue weighted by atomic mass is 9.87. The Kier molecular flexibility index (Phi) is 6.30. The van der Waals surface area contributed by atoms with Crippen LogP contribution in [0.15, 0.2) is 48.5 Å². The maximum atomic E-state index is 12.6. The van der Waals surface area contributed by atoms with E-state index in [1.165, 1.54) is 0 Å². The highest BCUT2D eigenvalue weighted by molar-refractivity contribution is 5.76. The molecule has 0 aliphatic carbocycles. The Balaban J connectivity index is 1.26. The molecule has 2 aromatic carbocycles. The third-order valence-electron chi connectivity index (χ3n) is 5.78. The van der Waals surface area contributed by atoms with Crippen molar-refractivity contribution in [2.24, 2.45) is 5.92 Å². The number of aromatic nitrogens is 2. The number of carbonyl (C=O) groups excluding carboxylic acids is 1. The van der Waals surface area contributed by atoms with Crippen LogP contribution in [0.2, 0.25) is 0 Å². The number of para-hydroxylation sites is 2. The van der Waals surface area contributed by atoms with Gasteiger partial charge in [-0.2, -0.15) is 0 Å². The largest absolute Gasteiger partial charge is 0.497 e. The van der Waals surface area contributed by atoms with Crippen molar-refractivity contribution in [1.82, 2.24) is 26.1 Å². The predicted molar refractivity (Wildman–Crippen MR) is 117 cm³/mol. The number of carbonyl (C=O) groups is 1. The van der Waals surface area contributed by atoms with Crippen LogP contribution in [0.3, 0.4) is 0 Å². The number of aromatic amines is 1. The van der Waals surface area contributed by atoms with Crippen molar-refractivity contribution in [3.05, 3.63) is 59.9 Å². The summed E-state index contributed by atoms with van der Waals surface area (Å²) in [7, 11) is 1.66. The number of methoxy groups -OCH3 is 1. The number of nitrogens with one attached hydrogen (secondary N) is 4. The van der Waals surface area contributed by atoms with Gasteiger partial charge in [-0.15, -0.1) is 0 Å². The standard InChI is InChI=1S/C23H29N5O2/c1-15-18(23(28-27-15)16-9-11-17(30-2)12-10-16)14-22(29)24-13-5-8-21-25-19-6-3-4-7-20(19)26-21/h3-4,6-7,9-12,15,18,23,27-28H,5,8,13-14H2,1-2H3,(H,24,29)(H,25,26). The average molecular weight is 408 g/mol. The summed E-state index contributed by atoms with van der Waals surface area (Å²) in [5.41, 5.74) is 9.80. The Bertz CT molecular complexity index is 952. The van der Waals surface area contributed by atoms with E-state index < -0.39 is 0 Å². The molecule has 4 rings (SSSR count). The number of nitrogens with zero attached hydrogens (tertiary/aromatic N) is 1. The van der Waals surface area contributed by atoms with Gasteiger partial charge < -0.3 is 15.0 Å². The van der Waals surface area contributed by atoms with E-state index >= 15 is 0 Å². The van der Waals surface area contributed by atoms with Crippen molar-refractivity contribution in [3.8, 4) is 5.75 Å². The molecule has 3 aromatic rings. The minimum atomic E-state index is 0.0838. The van der Waals surface area contributed by atoms with E-state index in [1.54, 1.807) is 7.11 Å². The topological polar surface area (TPSA) is 91.1 Å². The second kappa shape index (κ2) is 9.28. The van der Waals surface area contributed by atoms with Gasteiger partial charge in [0, 0.05) is 31.3 Å². The monoisotopic (exact) mass is 407 g/mol. The molecule has 7 nitrogen and oxygen atoms in total. The molecule has 1 fully saturated rings. The van der Waals surface area contributed by atoms with Gasteiger partial charge in [0.05, 0.1) is 24.2 Å². The molecule has 2 heterocycles. The number of hydrazine groups is 1. The highest BCUT2D eigenvalue weighted by Crippen LogP contribution is 2.32. The SMILES string of the molecule is COc1ccc(C2NNC(C)C2CC(=O)NCCCc2nc3ccccc3[nH]2)cc1. The number of ether oxygens (including phenoxy) is 1. The summed E-state index contributed by atoms with van der Waals surface area (Å²) in [5.74, 6) is 2.05. The summed E-state index contributed by atoms with van der Waals surface area (Å²) in [6.45, 7) is 2.75. The predicted octanol–water partition coefficient (Wildman–Crippen LogP) is 2.86. The highest BCUT2D eigenvalue weighted by atomic mass is 16.5. The Morgan fingerprint density at radius 3 is 2.70 bits per heavy atom. The summed E-state index contributed by atoms with van der Waals surface area (Å²) in [5, 5.41) is 3.07. The molecule has 1 saturated heterocycles. The molecular formula is C23H29N5O2. The molecule has 1 aliphatic rings. The van der Waals surface area contributed by atoms with Crippen LogP contribution in [-0.4, -0.2) is 35.6 Å². The maximum Gasteiger partial charge on any atom is 0.220 e. The number of H-pyrrole nitrogens is 1. The van der Waals surface area contributed by atoms with Gasteiger partial charge in [0.2, 0.25) is 5.91 Å². The lowest BCUT2D eigenvalue weighted by Crippen LogP contribution is -2.32. The quantitative estimate of drug-likeness (QED) is 0.431. The fourth-order valence-electron chi connectivity index (χ4n) is 4.05. The van der Waals surface area contributed by atoms with E-state index in [4.69, 9.17) is 4.74 Å². The Labute approximate surface area is 176 Å². The van der Waals surface area contributed by atoms with Gasteiger partial charge in [0.15, 0.2) is 0 Å². The summed E-state index contributed by atoms with van der Waals surface area (Å²) < 4.78 is 5.24. The second-order valence-corrected chi connectivity index (χ2v) is 7.85. The zero-order valence-corrected chi connectivity index (χ0v) is 17.4. The van der Waals surface area contributed by atoms with Crippen molar-refractivity contribution in [2.45, 2.75) is 38.3 Å². The van der Waals surface area contributed by atoms with Gasteiger partial charge in [-0.3, -0.25) is 10.2 Å². The van der Waals surface area contributed by atoms with Crippen LogP contribution < -0.4 is 20.9 Å². The van der Waals surface area contributed by atoms with E-state index in [0.29, 0.717) is 13.0 Å². The fraction of sp³-hybridized carbons (Fsp3) is 0.391. The van der Waals surface area contributed by atoms with Crippen molar-refractivity contribution < 1.29 is 9.53 Å². The second-order valence-electron chi connectivity index (χ2n) is 7.85. The number of hydrogen-bond donors (Lipinski definition) is 4. The normalized spacial score (nSPS) is 21.1. The Morgan fingerprint density at radius 2 is 1.93 bits per heavy atom. The number of amides is 1. The van der Waals surface area contributed by atoms with Crippen LogP contribution in [0.4, 0.5) is 0 Å². The molecule has 1 aliphatic heterocycles. The molecule has 0 bridgehead atoms. The first-order chi connectivity index (χ1) is 14.6. The minimum Gasteiger partial charge on any atom is -0.497 e. The summed E-state index contributed by atoms with van der Waals surface area (Å²) in [6.07, 6.45) is 2.14. The number of benzene rings is 2. The third-order valence-corrected chi connectivity index (χ3v) is 5.78. The summed E-state index contributed by atoms with van der Waals surface area (Å²) in [4.78, 5) is 20.5. The first kappa shape index (κ1) is 20.4. The Hall–Kier alpha value is -2.90. The molecule has 1 amide bonds. The third kappa shape index (κ3) is 4.63. The molecule has 3 atom stereocenters. The number of fused-ring (bicyclic) bond motifs is 1. The number of aryl methyl sites for hydroxylation is 1. The molecule has 30 heavy (non-hydrogen) atoms. The van der Waals surface area contributed by atoms with Gasteiger partial charge in [0.1, 0.15) is 11.6 Å². The van der Waals surface area contributed by atoms with Crippen molar-refractivity contribution >= 4 is 16.9 Å². The zero-order valence-electron chi connectivity index (χ0n) is 17.4. The van der Waals surface area contributed by atoms with Crippen molar-refractivity contribution in [1.29, 1.82) is 0 Å². The van der Waals surface area contributed by atoms with Crippen LogP contribution in [0.25, 0.3) is 11.0 Å². The summed E-state index contributed by atoms with van der Waals surface area (Å²) in [6, 6.07) is 16.3. The van der Waals surface area contributed by atoms with Gasteiger partial charge >= 0.3 is 0 Å². The van der Waals surface area contributed by atoms with E-state index in [2.05, 4.69) is 45.2 Å². The number of hydrogen-bond acceptors (Lipinski definition) is 5. The van der Waals surface area contributed by atoms with Crippen LogP contribution >= 0.6 is 0 Å². The van der Waals surface area contributed by atoms with E-state index in [-0.39, 0.29) is 23.9 Å². The van der Waals surface area contributed by atoms with E-state index in [0.717, 1.165) is 41.0 Å². The molecule has 0 spiro atoms. The minimum absolute atomic E-state index is 0.0838. The Morgan fingerprint density at radius 1 is 1.13 bits per heavy atom. The van der Waals surface area contributed by atoms with Gasteiger partial charge in [-0.05, 0) is 43.2 Å². The van der Waals surface area contributed by atoms with Crippen LogP contribution in [0, 0.1) is 5.92 Å². The van der Waals surface area contributed by atoms with Crippen molar-refractivity contribution in [3.63, 3.8) is 0 Å². The molecule has 0 saturated carbocycles. The molecule has 1 aromatic heterocycles. The van der Waals surface area contributed by atoms with Crippen LogP contribution in [0.1, 0.15) is 37.2 Å². The van der Waals surface area contributed by atoms with Crippen LogP contribution in [-0.2, 0) is 11.2 Å². The first-order valence-electron chi connectivity index (χ1n) is 10.5. The molecule has 0 radical (unpaired) electrons. The maximum absolute atomic E-state index is 12.6. The van der Waals surface area contributed by atoms with E-state index in [1.807, 2.05) is 36.4 Å². The molecule has 4 N–H and O–H groups in total. The molecule has 3 unspecified atom stereocenters.